The number of likely N-dealkylation sites (tertiary alicyclic amines) is 1. The normalized spacial score (nSPS) is 22.4. The van der Waals surface area contributed by atoms with Crippen molar-refractivity contribution >= 4 is 5.97 Å². The maximum absolute atomic E-state index is 11.8. The number of hydrogen-bond donors (Lipinski definition) is 2. The maximum Gasteiger partial charge on any atom is 0.324 e. The van der Waals surface area contributed by atoms with E-state index in [4.69, 9.17) is 4.74 Å². The number of methoxy groups -OCH3 is 1. The molecule has 1 aliphatic rings. The topological polar surface area (TPSA) is 70.0 Å². The first kappa shape index (κ1) is 15.6. The minimum Gasteiger partial charge on any atom is -0.504 e. The third-order valence-corrected chi connectivity index (χ3v) is 4.35. The first-order valence-corrected chi connectivity index (χ1v) is 7.38. The second-order valence-corrected chi connectivity index (χ2v) is 5.58. The van der Waals surface area contributed by atoms with Gasteiger partial charge in [-0.25, -0.2) is 0 Å². The monoisotopic (exact) mass is 293 g/mol. The molecular weight excluding hydrogens is 270 g/mol. The quantitative estimate of drug-likeness (QED) is 0.843. The van der Waals surface area contributed by atoms with Crippen molar-refractivity contribution in [3.8, 4) is 11.5 Å². The zero-order valence-electron chi connectivity index (χ0n) is 12.6. The van der Waals surface area contributed by atoms with Gasteiger partial charge in [-0.15, -0.1) is 0 Å². The highest BCUT2D eigenvalue weighted by Gasteiger charge is 2.46. The highest BCUT2D eigenvalue weighted by Crippen LogP contribution is 2.38. The van der Waals surface area contributed by atoms with Crippen molar-refractivity contribution in [2.75, 3.05) is 13.7 Å². The number of rotatable bonds is 6. The lowest BCUT2D eigenvalue weighted by Crippen LogP contribution is -2.49. The summed E-state index contributed by atoms with van der Waals surface area (Å²) in [5.41, 5.74) is -0.0949. The van der Waals surface area contributed by atoms with E-state index in [1.807, 2.05) is 24.0 Å². The number of carboxylic acids is 1. The zero-order valence-corrected chi connectivity index (χ0v) is 12.6. The number of para-hydroxylation sites is 1. The number of phenolic OH excluding ortho intramolecular Hbond substituents is 1. The molecule has 0 radical (unpaired) electrons. The molecule has 116 valence electrons. The summed E-state index contributed by atoms with van der Waals surface area (Å²) >= 11 is 0. The molecule has 0 spiro atoms. The predicted octanol–water partition coefficient (Wildman–Crippen LogP) is 2.62. The molecule has 0 aromatic heterocycles. The molecule has 5 nitrogen and oxygen atoms in total. The van der Waals surface area contributed by atoms with Crippen LogP contribution >= 0.6 is 0 Å². The lowest BCUT2D eigenvalue weighted by atomic mass is 9.90. The minimum atomic E-state index is -0.801. The summed E-state index contributed by atoms with van der Waals surface area (Å²) in [7, 11) is 1.51. The van der Waals surface area contributed by atoms with Crippen LogP contribution in [0.1, 0.15) is 38.2 Å². The van der Waals surface area contributed by atoms with Gasteiger partial charge in [0.05, 0.1) is 7.11 Å². The van der Waals surface area contributed by atoms with E-state index in [-0.39, 0.29) is 5.75 Å². The fraction of sp³-hybridized carbons (Fsp3) is 0.562. The third-order valence-electron chi connectivity index (χ3n) is 4.35. The van der Waals surface area contributed by atoms with Gasteiger partial charge in [0.2, 0.25) is 0 Å². The van der Waals surface area contributed by atoms with Crippen molar-refractivity contribution in [3.05, 3.63) is 23.8 Å². The van der Waals surface area contributed by atoms with Crippen LogP contribution in [-0.2, 0) is 11.3 Å². The average Bonchev–Trinajstić information content (AvgIpc) is 2.86. The predicted molar refractivity (Wildman–Crippen MR) is 79.6 cm³/mol. The Balaban J connectivity index is 2.27. The number of carbonyl (C=O) groups is 1. The number of aromatic hydroxyl groups is 1. The molecule has 1 aromatic carbocycles. The van der Waals surface area contributed by atoms with E-state index >= 15 is 0 Å². The van der Waals surface area contributed by atoms with Gasteiger partial charge in [0, 0.05) is 12.1 Å². The highest BCUT2D eigenvalue weighted by molar-refractivity contribution is 5.79. The SMILES string of the molecule is CCCC1(C(=O)O)CCCN1Cc1cccc(OC)c1O. The molecular formula is C16H23NO4. The molecule has 1 heterocycles. The van der Waals surface area contributed by atoms with Crippen LogP contribution in [0.15, 0.2) is 18.2 Å². The number of carboxylic acid groups (broad SMARTS) is 1. The Morgan fingerprint density at radius 1 is 1.48 bits per heavy atom. The van der Waals surface area contributed by atoms with Crippen LogP contribution in [0.5, 0.6) is 11.5 Å². The van der Waals surface area contributed by atoms with Gasteiger partial charge in [-0.3, -0.25) is 9.69 Å². The summed E-state index contributed by atoms with van der Waals surface area (Å²) < 4.78 is 5.11. The van der Waals surface area contributed by atoms with Crippen molar-refractivity contribution < 1.29 is 19.7 Å². The summed E-state index contributed by atoms with van der Waals surface area (Å²) in [4.78, 5) is 13.8. The molecule has 1 atom stereocenters. The van der Waals surface area contributed by atoms with Crippen LogP contribution in [0.4, 0.5) is 0 Å². The van der Waals surface area contributed by atoms with Crippen LogP contribution in [0.25, 0.3) is 0 Å². The van der Waals surface area contributed by atoms with Gasteiger partial charge in [-0.05, 0) is 31.9 Å². The van der Waals surface area contributed by atoms with Gasteiger partial charge in [0.25, 0.3) is 0 Å². The molecule has 1 saturated heterocycles. The molecule has 0 aliphatic carbocycles. The summed E-state index contributed by atoms with van der Waals surface area (Å²) in [5.74, 6) is -0.241. The Bertz CT molecular complexity index is 517. The van der Waals surface area contributed by atoms with E-state index in [0.29, 0.717) is 30.7 Å². The number of nitrogens with zero attached hydrogens (tertiary/aromatic N) is 1. The van der Waals surface area contributed by atoms with Crippen molar-refractivity contribution in [2.45, 2.75) is 44.7 Å². The van der Waals surface area contributed by atoms with E-state index in [1.54, 1.807) is 6.07 Å². The molecule has 0 saturated carbocycles. The number of ether oxygens (including phenoxy) is 1. The van der Waals surface area contributed by atoms with E-state index in [9.17, 15) is 15.0 Å². The first-order chi connectivity index (χ1) is 10.0. The largest absolute Gasteiger partial charge is 0.504 e. The number of aliphatic carboxylic acids is 1. The summed E-state index contributed by atoms with van der Waals surface area (Å²) in [6.07, 6.45) is 3.00. The molecule has 1 unspecified atom stereocenters. The smallest absolute Gasteiger partial charge is 0.324 e. The Kier molecular flexibility index (Phi) is 4.73. The lowest BCUT2D eigenvalue weighted by Gasteiger charge is -2.34. The Labute approximate surface area is 125 Å². The van der Waals surface area contributed by atoms with Gasteiger partial charge < -0.3 is 14.9 Å². The van der Waals surface area contributed by atoms with Gasteiger partial charge >= 0.3 is 5.97 Å². The molecule has 5 heteroatoms. The van der Waals surface area contributed by atoms with Crippen LogP contribution in [0, 0.1) is 0 Å². The fourth-order valence-corrected chi connectivity index (χ4v) is 3.28. The van der Waals surface area contributed by atoms with Crippen molar-refractivity contribution in [3.63, 3.8) is 0 Å². The van der Waals surface area contributed by atoms with Gasteiger partial charge in [0.1, 0.15) is 5.54 Å². The molecule has 1 aliphatic heterocycles. The number of phenols is 1. The summed E-state index contributed by atoms with van der Waals surface area (Å²) in [6, 6.07) is 5.32. The zero-order chi connectivity index (χ0) is 15.5. The number of hydrogen-bond acceptors (Lipinski definition) is 4. The molecule has 0 bridgehead atoms. The second kappa shape index (κ2) is 6.35. The molecule has 1 aromatic rings. The van der Waals surface area contributed by atoms with E-state index in [1.165, 1.54) is 7.11 Å². The van der Waals surface area contributed by atoms with Crippen LogP contribution in [-0.4, -0.2) is 40.3 Å². The Hall–Kier alpha value is -1.75. The second-order valence-electron chi connectivity index (χ2n) is 5.58. The Morgan fingerprint density at radius 3 is 2.86 bits per heavy atom. The Morgan fingerprint density at radius 2 is 2.24 bits per heavy atom. The standard InChI is InChI=1S/C16H23NO4/c1-3-8-16(15(19)20)9-5-10-17(16)11-12-6-4-7-13(21-2)14(12)18/h4,6-7,18H,3,5,8-11H2,1-2H3,(H,19,20). The van der Waals surface area contributed by atoms with E-state index in [0.717, 1.165) is 19.4 Å². The lowest BCUT2D eigenvalue weighted by molar-refractivity contribution is -0.150. The highest BCUT2D eigenvalue weighted by atomic mass is 16.5. The van der Waals surface area contributed by atoms with Crippen LogP contribution in [0.2, 0.25) is 0 Å². The van der Waals surface area contributed by atoms with E-state index < -0.39 is 11.5 Å². The molecule has 1 fully saturated rings. The average molecular weight is 293 g/mol. The first-order valence-electron chi connectivity index (χ1n) is 7.38. The third kappa shape index (κ3) is 2.83. The minimum absolute atomic E-state index is 0.0997. The van der Waals surface area contributed by atoms with Crippen molar-refractivity contribution in [1.29, 1.82) is 0 Å². The van der Waals surface area contributed by atoms with Gasteiger partial charge in [0.15, 0.2) is 11.5 Å². The summed E-state index contributed by atoms with van der Waals surface area (Å²) in [6.45, 7) is 3.17. The van der Waals surface area contributed by atoms with Gasteiger partial charge in [-0.1, -0.05) is 25.5 Å². The van der Waals surface area contributed by atoms with Crippen molar-refractivity contribution in [2.24, 2.45) is 0 Å². The van der Waals surface area contributed by atoms with Gasteiger partial charge in [-0.2, -0.15) is 0 Å². The molecule has 0 amide bonds. The van der Waals surface area contributed by atoms with Crippen molar-refractivity contribution in [1.82, 2.24) is 4.90 Å². The fourth-order valence-electron chi connectivity index (χ4n) is 3.28. The summed E-state index contributed by atoms with van der Waals surface area (Å²) in [5, 5.41) is 19.9. The van der Waals surface area contributed by atoms with E-state index in [2.05, 4.69) is 0 Å². The van der Waals surface area contributed by atoms with Crippen LogP contribution in [0.3, 0.4) is 0 Å². The molecule has 2 N–H and O–H groups in total. The molecule has 2 rings (SSSR count). The van der Waals surface area contributed by atoms with Crippen LogP contribution < -0.4 is 4.74 Å². The maximum atomic E-state index is 11.8. The molecule has 21 heavy (non-hydrogen) atoms. The number of benzene rings is 1.